The standard InChI is InChI=1S/C22H26O2/c1-4-14-23-21-17-11-7-8-12-18(17)22(24-15-5-2)20-16(6-3)10-9-13-19(20)21/h7-13H,4-6,14-15H2,1-3H3. The van der Waals surface area contributed by atoms with E-state index in [0.717, 1.165) is 60.1 Å². The Balaban J connectivity index is 2.40. The summed E-state index contributed by atoms with van der Waals surface area (Å²) in [7, 11) is 0. The summed E-state index contributed by atoms with van der Waals surface area (Å²) in [5.74, 6) is 1.99. The molecule has 126 valence electrons. The highest BCUT2D eigenvalue weighted by molar-refractivity contribution is 6.12. The lowest BCUT2D eigenvalue weighted by atomic mass is 9.96. The molecule has 0 radical (unpaired) electrons. The van der Waals surface area contributed by atoms with Crippen molar-refractivity contribution in [2.24, 2.45) is 0 Å². The van der Waals surface area contributed by atoms with Gasteiger partial charge in [-0.15, -0.1) is 0 Å². The minimum absolute atomic E-state index is 0.727. The number of rotatable bonds is 7. The van der Waals surface area contributed by atoms with Crippen molar-refractivity contribution in [1.82, 2.24) is 0 Å². The maximum atomic E-state index is 6.23. The van der Waals surface area contributed by atoms with Gasteiger partial charge in [-0.25, -0.2) is 0 Å². The summed E-state index contributed by atoms with van der Waals surface area (Å²) >= 11 is 0. The predicted octanol–water partition coefficient (Wildman–Crippen LogP) is 6.13. The third kappa shape index (κ3) is 2.93. The third-order valence-corrected chi connectivity index (χ3v) is 4.32. The average molecular weight is 322 g/mol. The van der Waals surface area contributed by atoms with Gasteiger partial charge in [-0.1, -0.05) is 63.2 Å². The largest absolute Gasteiger partial charge is 0.492 e. The maximum absolute atomic E-state index is 6.23. The summed E-state index contributed by atoms with van der Waals surface area (Å²) in [6.07, 6.45) is 2.97. The Morgan fingerprint density at radius 3 is 1.88 bits per heavy atom. The Morgan fingerprint density at radius 2 is 1.25 bits per heavy atom. The van der Waals surface area contributed by atoms with Gasteiger partial charge in [0.25, 0.3) is 0 Å². The molecule has 0 aliphatic carbocycles. The number of hydrogen-bond acceptors (Lipinski definition) is 2. The molecule has 0 fully saturated rings. The van der Waals surface area contributed by atoms with E-state index in [2.05, 4.69) is 63.2 Å². The van der Waals surface area contributed by atoms with Crippen molar-refractivity contribution in [2.45, 2.75) is 40.0 Å². The summed E-state index contributed by atoms with van der Waals surface area (Å²) < 4.78 is 12.4. The van der Waals surface area contributed by atoms with Crippen LogP contribution in [-0.2, 0) is 6.42 Å². The SMILES string of the molecule is CCCOc1c2ccccc2c(OCCC)c2c(CC)cccc12. The first-order valence-electron chi connectivity index (χ1n) is 9.03. The molecule has 0 spiro atoms. The fraction of sp³-hybridized carbons (Fsp3) is 0.364. The second-order valence-corrected chi connectivity index (χ2v) is 6.09. The quantitative estimate of drug-likeness (QED) is 0.487. The van der Waals surface area contributed by atoms with Crippen molar-refractivity contribution in [2.75, 3.05) is 13.2 Å². The zero-order valence-electron chi connectivity index (χ0n) is 14.9. The lowest BCUT2D eigenvalue weighted by molar-refractivity contribution is 0.319. The number of aryl methyl sites for hydroxylation is 1. The van der Waals surface area contributed by atoms with E-state index < -0.39 is 0 Å². The Labute approximate surface area is 144 Å². The van der Waals surface area contributed by atoms with Gasteiger partial charge in [-0.05, 0) is 24.8 Å². The van der Waals surface area contributed by atoms with Crippen LogP contribution in [0.2, 0.25) is 0 Å². The summed E-state index contributed by atoms with van der Waals surface area (Å²) in [5.41, 5.74) is 1.31. The molecule has 3 rings (SSSR count). The van der Waals surface area contributed by atoms with E-state index in [-0.39, 0.29) is 0 Å². The summed E-state index contributed by atoms with van der Waals surface area (Å²) in [5, 5.41) is 4.65. The van der Waals surface area contributed by atoms with Crippen LogP contribution in [0.5, 0.6) is 11.5 Å². The van der Waals surface area contributed by atoms with Crippen LogP contribution < -0.4 is 9.47 Å². The number of benzene rings is 3. The van der Waals surface area contributed by atoms with Gasteiger partial charge in [0.15, 0.2) is 0 Å². The number of fused-ring (bicyclic) bond motifs is 2. The minimum Gasteiger partial charge on any atom is -0.492 e. The summed E-state index contributed by atoms with van der Waals surface area (Å²) in [6.45, 7) is 7.93. The maximum Gasteiger partial charge on any atom is 0.135 e. The molecule has 24 heavy (non-hydrogen) atoms. The van der Waals surface area contributed by atoms with Crippen LogP contribution >= 0.6 is 0 Å². The molecular formula is C22H26O2. The van der Waals surface area contributed by atoms with Crippen molar-refractivity contribution in [3.8, 4) is 11.5 Å². The van der Waals surface area contributed by atoms with Crippen molar-refractivity contribution < 1.29 is 9.47 Å². The van der Waals surface area contributed by atoms with Crippen LogP contribution in [-0.4, -0.2) is 13.2 Å². The van der Waals surface area contributed by atoms with E-state index in [9.17, 15) is 0 Å². The topological polar surface area (TPSA) is 18.5 Å². The lowest BCUT2D eigenvalue weighted by Gasteiger charge is -2.19. The van der Waals surface area contributed by atoms with Gasteiger partial charge in [0.1, 0.15) is 11.5 Å². The van der Waals surface area contributed by atoms with Crippen molar-refractivity contribution in [3.05, 3.63) is 48.0 Å². The molecule has 0 unspecified atom stereocenters. The molecule has 0 heterocycles. The normalized spacial score (nSPS) is 11.1. The second-order valence-electron chi connectivity index (χ2n) is 6.09. The minimum atomic E-state index is 0.727. The fourth-order valence-electron chi connectivity index (χ4n) is 3.22. The molecule has 2 nitrogen and oxygen atoms in total. The number of ether oxygens (including phenoxy) is 2. The molecule has 0 aliphatic heterocycles. The first-order chi connectivity index (χ1) is 11.8. The molecule has 0 saturated carbocycles. The Kier molecular flexibility index (Phi) is 5.24. The highest BCUT2D eigenvalue weighted by Crippen LogP contribution is 2.44. The van der Waals surface area contributed by atoms with E-state index in [1.807, 2.05) is 0 Å². The van der Waals surface area contributed by atoms with Crippen LogP contribution in [0.4, 0.5) is 0 Å². The molecule has 0 amide bonds. The molecule has 3 aromatic carbocycles. The van der Waals surface area contributed by atoms with Crippen LogP contribution in [0.3, 0.4) is 0 Å². The third-order valence-electron chi connectivity index (χ3n) is 4.32. The van der Waals surface area contributed by atoms with Gasteiger partial charge < -0.3 is 9.47 Å². The van der Waals surface area contributed by atoms with Crippen LogP contribution in [0.25, 0.3) is 21.5 Å². The molecule has 2 heteroatoms. The van der Waals surface area contributed by atoms with Gasteiger partial charge in [0, 0.05) is 21.5 Å². The Morgan fingerprint density at radius 1 is 0.667 bits per heavy atom. The average Bonchev–Trinajstić information content (AvgIpc) is 2.64. The zero-order chi connectivity index (χ0) is 16.9. The van der Waals surface area contributed by atoms with Gasteiger partial charge >= 0.3 is 0 Å². The summed E-state index contributed by atoms with van der Waals surface area (Å²) in [4.78, 5) is 0. The molecule has 0 atom stereocenters. The molecule has 3 aromatic rings. The van der Waals surface area contributed by atoms with Gasteiger partial charge in [0.05, 0.1) is 13.2 Å². The van der Waals surface area contributed by atoms with Gasteiger partial charge in [0.2, 0.25) is 0 Å². The molecule has 0 aromatic heterocycles. The molecule has 0 saturated heterocycles. The van der Waals surface area contributed by atoms with E-state index in [1.54, 1.807) is 0 Å². The van der Waals surface area contributed by atoms with Crippen LogP contribution in [0.15, 0.2) is 42.5 Å². The van der Waals surface area contributed by atoms with Crippen molar-refractivity contribution in [3.63, 3.8) is 0 Å². The lowest BCUT2D eigenvalue weighted by Crippen LogP contribution is -2.02. The van der Waals surface area contributed by atoms with E-state index in [0.29, 0.717) is 0 Å². The van der Waals surface area contributed by atoms with E-state index >= 15 is 0 Å². The Bertz CT molecular complexity index is 836. The zero-order valence-corrected chi connectivity index (χ0v) is 14.9. The van der Waals surface area contributed by atoms with E-state index in [4.69, 9.17) is 9.47 Å². The fourth-order valence-corrected chi connectivity index (χ4v) is 3.22. The van der Waals surface area contributed by atoms with Crippen molar-refractivity contribution >= 4 is 21.5 Å². The molecular weight excluding hydrogens is 296 g/mol. The highest BCUT2D eigenvalue weighted by Gasteiger charge is 2.17. The van der Waals surface area contributed by atoms with Gasteiger partial charge in [-0.3, -0.25) is 0 Å². The van der Waals surface area contributed by atoms with E-state index in [1.165, 1.54) is 10.9 Å². The first kappa shape index (κ1) is 16.6. The molecule has 0 N–H and O–H groups in total. The predicted molar refractivity (Wildman–Crippen MR) is 102 cm³/mol. The van der Waals surface area contributed by atoms with Crippen LogP contribution in [0.1, 0.15) is 39.2 Å². The first-order valence-corrected chi connectivity index (χ1v) is 9.03. The second kappa shape index (κ2) is 7.57. The molecule has 0 aliphatic rings. The Hall–Kier alpha value is -2.22. The smallest absolute Gasteiger partial charge is 0.135 e. The van der Waals surface area contributed by atoms with Crippen LogP contribution in [0, 0.1) is 0 Å². The van der Waals surface area contributed by atoms with Crippen molar-refractivity contribution in [1.29, 1.82) is 0 Å². The monoisotopic (exact) mass is 322 g/mol. The number of hydrogen-bond donors (Lipinski definition) is 0. The van der Waals surface area contributed by atoms with Gasteiger partial charge in [-0.2, -0.15) is 0 Å². The highest BCUT2D eigenvalue weighted by atomic mass is 16.5. The molecule has 0 bridgehead atoms. The summed E-state index contributed by atoms with van der Waals surface area (Å²) in [6, 6.07) is 14.9.